The zero-order valence-electron chi connectivity index (χ0n) is 11.3. The van der Waals surface area contributed by atoms with Gasteiger partial charge in [-0.3, -0.25) is 24.1 Å². The SMILES string of the molecule is CON(C)C(=O)C(C)N1C(=O)C2CC=CCC2C1=O. The minimum atomic E-state index is -0.824. The summed E-state index contributed by atoms with van der Waals surface area (Å²) < 4.78 is 0. The second kappa shape index (κ2) is 5.13. The first-order chi connectivity index (χ1) is 8.99. The third-order valence-corrected chi connectivity index (χ3v) is 3.87. The van der Waals surface area contributed by atoms with Gasteiger partial charge in [-0.25, -0.2) is 5.06 Å². The van der Waals surface area contributed by atoms with E-state index in [2.05, 4.69) is 0 Å². The maximum absolute atomic E-state index is 12.3. The predicted octanol–water partition coefficient (Wildman–Crippen LogP) is 0.346. The van der Waals surface area contributed by atoms with Crippen molar-refractivity contribution in [3.63, 3.8) is 0 Å². The van der Waals surface area contributed by atoms with Gasteiger partial charge >= 0.3 is 0 Å². The number of amides is 3. The van der Waals surface area contributed by atoms with Crippen LogP contribution in [0.5, 0.6) is 0 Å². The number of nitrogens with zero attached hydrogens (tertiary/aromatic N) is 2. The Morgan fingerprint density at radius 1 is 1.32 bits per heavy atom. The number of carbonyl (C=O) groups is 3. The van der Waals surface area contributed by atoms with Crippen molar-refractivity contribution in [3.05, 3.63) is 12.2 Å². The van der Waals surface area contributed by atoms with Crippen molar-refractivity contribution in [1.82, 2.24) is 9.96 Å². The van der Waals surface area contributed by atoms with Gasteiger partial charge in [0, 0.05) is 7.05 Å². The third-order valence-electron chi connectivity index (χ3n) is 3.87. The second-order valence-electron chi connectivity index (χ2n) is 4.90. The van der Waals surface area contributed by atoms with Crippen molar-refractivity contribution in [2.24, 2.45) is 11.8 Å². The number of carbonyl (C=O) groups excluding carboxylic acids is 3. The molecule has 0 aromatic rings. The van der Waals surface area contributed by atoms with Crippen LogP contribution in [-0.4, -0.2) is 47.9 Å². The van der Waals surface area contributed by atoms with Crippen LogP contribution in [0.4, 0.5) is 0 Å². The van der Waals surface area contributed by atoms with E-state index in [0.717, 1.165) is 9.96 Å². The van der Waals surface area contributed by atoms with Crippen LogP contribution >= 0.6 is 0 Å². The van der Waals surface area contributed by atoms with E-state index in [9.17, 15) is 14.4 Å². The summed E-state index contributed by atoms with van der Waals surface area (Å²) in [5.41, 5.74) is 0. The Bertz CT molecular complexity index is 420. The first kappa shape index (κ1) is 13.7. The van der Waals surface area contributed by atoms with Crippen LogP contribution in [0.3, 0.4) is 0 Å². The van der Waals surface area contributed by atoms with E-state index in [0.29, 0.717) is 12.8 Å². The molecule has 0 aromatic carbocycles. The lowest BCUT2D eigenvalue weighted by molar-refractivity contribution is -0.176. The number of likely N-dealkylation sites (N-methyl/N-ethyl adjacent to an activating group) is 1. The largest absolute Gasteiger partial charge is 0.275 e. The third kappa shape index (κ3) is 2.16. The maximum atomic E-state index is 12.3. The van der Waals surface area contributed by atoms with Crippen LogP contribution in [0.25, 0.3) is 0 Å². The van der Waals surface area contributed by atoms with Gasteiger partial charge in [0.05, 0.1) is 18.9 Å². The fraction of sp³-hybridized carbons (Fsp3) is 0.615. The molecular weight excluding hydrogens is 248 g/mol. The lowest BCUT2D eigenvalue weighted by Gasteiger charge is -2.25. The highest BCUT2D eigenvalue weighted by Crippen LogP contribution is 2.36. The standard InChI is InChI=1S/C13H18N2O4/c1-8(11(16)14(2)19-3)15-12(17)9-6-4-5-7-10(9)13(15)18/h4-5,8-10H,6-7H2,1-3H3. The Kier molecular flexibility index (Phi) is 3.71. The van der Waals surface area contributed by atoms with Crippen molar-refractivity contribution < 1.29 is 19.2 Å². The van der Waals surface area contributed by atoms with Gasteiger partial charge in [-0.05, 0) is 19.8 Å². The molecule has 1 aliphatic carbocycles. The Labute approximate surface area is 111 Å². The molecule has 1 heterocycles. The topological polar surface area (TPSA) is 66.9 Å². The number of hydroxylamine groups is 2. The van der Waals surface area contributed by atoms with Gasteiger partial charge in [0.1, 0.15) is 6.04 Å². The highest BCUT2D eigenvalue weighted by molar-refractivity contribution is 6.08. The molecule has 0 saturated carbocycles. The Hall–Kier alpha value is -1.69. The lowest BCUT2D eigenvalue weighted by atomic mass is 9.85. The van der Waals surface area contributed by atoms with E-state index in [1.165, 1.54) is 14.2 Å². The van der Waals surface area contributed by atoms with Crippen molar-refractivity contribution in [1.29, 1.82) is 0 Å². The van der Waals surface area contributed by atoms with E-state index in [4.69, 9.17) is 4.84 Å². The molecule has 2 rings (SSSR count). The van der Waals surface area contributed by atoms with E-state index < -0.39 is 11.9 Å². The number of allylic oxidation sites excluding steroid dienone is 2. The molecule has 2 aliphatic rings. The number of imide groups is 1. The Morgan fingerprint density at radius 3 is 2.21 bits per heavy atom. The van der Waals surface area contributed by atoms with Crippen molar-refractivity contribution in [3.8, 4) is 0 Å². The first-order valence-corrected chi connectivity index (χ1v) is 6.32. The number of rotatable bonds is 3. The fourth-order valence-electron chi connectivity index (χ4n) is 2.67. The maximum Gasteiger partial charge on any atom is 0.268 e. The lowest BCUT2D eigenvalue weighted by Crippen LogP contribution is -2.48. The second-order valence-corrected chi connectivity index (χ2v) is 4.90. The number of hydrogen-bond acceptors (Lipinski definition) is 4. The molecule has 104 valence electrons. The van der Waals surface area contributed by atoms with Crippen LogP contribution in [0.2, 0.25) is 0 Å². The normalized spacial score (nSPS) is 27.4. The molecule has 3 amide bonds. The van der Waals surface area contributed by atoms with E-state index in [1.54, 1.807) is 6.92 Å². The number of likely N-dealkylation sites (tertiary alicyclic amines) is 1. The van der Waals surface area contributed by atoms with Crippen LogP contribution in [0.15, 0.2) is 12.2 Å². The molecule has 3 unspecified atom stereocenters. The molecule has 1 aliphatic heterocycles. The summed E-state index contributed by atoms with van der Waals surface area (Å²) in [6.07, 6.45) is 4.99. The monoisotopic (exact) mass is 266 g/mol. The first-order valence-electron chi connectivity index (χ1n) is 6.32. The zero-order chi connectivity index (χ0) is 14.2. The summed E-state index contributed by atoms with van der Waals surface area (Å²) in [6, 6.07) is -0.824. The summed E-state index contributed by atoms with van der Waals surface area (Å²) >= 11 is 0. The Balaban J connectivity index is 2.19. The van der Waals surface area contributed by atoms with Crippen LogP contribution in [0, 0.1) is 11.8 Å². The summed E-state index contributed by atoms with van der Waals surface area (Å²) in [5, 5.41) is 1.03. The fourth-order valence-corrected chi connectivity index (χ4v) is 2.67. The number of hydrogen-bond donors (Lipinski definition) is 0. The summed E-state index contributed by atoms with van der Waals surface area (Å²) in [4.78, 5) is 42.4. The van der Waals surface area contributed by atoms with E-state index in [-0.39, 0.29) is 23.7 Å². The molecule has 0 radical (unpaired) electrons. The van der Waals surface area contributed by atoms with Gasteiger partial charge in [0.15, 0.2) is 0 Å². The molecule has 0 spiro atoms. The molecule has 6 nitrogen and oxygen atoms in total. The van der Waals surface area contributed by atoms with E-state index >= 15 is 0 Å². The zero-order valence-corrected chi connectivity index (χ0v) is 11.3. The predicted molar refractivity (Wildman–Crippen MR) is 66.4 cm³/mol. The molecule has 6 heteroatoms. The average Bonchev–Trinajstić information content (AvgIpc) is 2.69. The molecular formula is C13H18N2O4. The Morgan fingerprint density at radius 2 is 1.79 bits per heavy atom. The van der Waals surface area contributed by atoms with E-state index in [1.807, 2.05) is 12.2 Å². The van der Waals surface area contributed by atoms with Crippen LogP contribution < -0.4 is 0 Å². The molecule has 0 N–H and O–H groups in total. The molecule has 3 atom stereocenters. The van der Waals surface area contributed by atoms with Crippen molar-refractivity contribution in [2.45, 2.75) is 25.8 Å². The van der Waals surface area contributed by atoms with Gasteiger partial charge in [0.25, 0.3) is 5.91 Å². The smallest absolute Gasteiger partial charge is 0.268 e. The van der Waals surface area contributed by atoms with Gasteiger partial charge in [0.2, 0.25) is 11.8 Å². The molecule has 19 heavy (non-hydrogen) atoms. The van der Waals surface area contributed by atoms with Crippen molar-refractivity contribution >= 4 is 17.7 Å². The van der Waals surface area contributed by atoms with Gasteiger partial charge in [-0.1, -0.05) is 12.2 Å². The average molecular weight is 266 g/mol. The van der Waals surface area contributed by atoms with Crippen molar-refractivity contribution in [2.75, 3.05) is 14.2 Å². The van der Waals surface area contributed by atoms with Gasteiger partial charge in [-0.2, -0.15) is 0 Å². The van der Waals surface area contributed by atoms with Gasteiger partial charge in [-0.15, -0.1) is 0 Å². The summed E-state index contributed by atoms with van der Waals surface area (Å²) in [5.74, 6) is -1.51. The quantitative estimate of drug-likeness (QED) is 0.420. The van der Waals surface area contributed by atoms with Gasteiger partial charge < -0.3 is 0 Å². The van der Waals surface area contributed by atoms with Crippen LogP contribution in [-0.2, 0) is 19.2 Å². The molecule has 1 saturated heterocycles. The molecule has 0 bridgehead atoms. The molecule has 1 fully saturated rings. The highest BCUT2D eigenvalue weighted by Gasteiger charge is 2.50. The minimum Gasteiger partial charge on any atom is -0.275 e. The minimum absolute atomic E-state index is 0.246. The summed E-state index contributed by atoms with van der Waals surface area (Å²) in [6.45, 7) is 1.55. The van der Waals surface area contributed by atoms with Crippen LogP contribution in [0.1, 0.15) is 19.8 Å². The highest BCUT2D eigenvalue weighted by atomic mass is 16.7. The summed E-state index contributed by atoms with van der Waals surface area (Å²) in [7, 11) is 2.82. The number of fused-ring (bicyclic) bond motifs is 1. The molecule has 0 aromatic heterocycles.